The fraction of sp³-hybridized carbons (Fsp3) is 0.105. The Morgan fingerprint density at radius 2 is 1.62 bits per heavy atom. The third-order valence-electron chi connectivity index (χ3n) is 3.44. The zero-order valence-corrected chi connectivity index (χ0v) is 14.6. The van der Waals surface area contributed by atoms with Crippen molar-refractivity contribution in [3.8, 4) is 22.6 Å². The first-order valence-corrected chi connectivity index (χ1v) is 7.96. The molecule has 3 rings (SSSR count). The number of hydrogen-bond donors (Lipinski definition) is 0. The van der Waals surface area contributed by atoms with Gasteiger partial charge in [-0.15, -0.1) is 0 Å². The van der Waals surface area contributed by atoms with Crippen LogP contribution in [-0.2, 0) is 9.59 Å². The number of benzene rings is 2. The normalized spacial score (nSPS) is 10.6. The summed E-state index contributed by atoms with van der Waals surface area (Å²) in [5, 5.41) is 0.972. The maximum atomic E-state index is 12.3. The van der Waals surface area contributed by atoms with E-state index in [0.717, 1.165) is 0 Å². The molecule has 1 heterocycles. The highest BCUT2D eigenvalue weighted by Gasteiger charge is 2.16. The van der Waals surface area contributed by atoms with Crippen LogP contribution in [0.4, 0.5) is 0 Å². The molecular weight excluding hydrogens is 360 g/mol. The molecule has 0 aliphatic heterocycles. The Kier molecular flexibility index (Phi) is 4.77. The molecule has 0 aliphatic rings. The van der Waals surface area contributed by atoms with Crippen LogP contribution in [0, 0.1) is 0 Å². The highest BCUT2D eigenvalue weighted by atomic mass is 35.5. The summed E-state index contributed by atoms with van der Waals surface area (Å²) in [6, 6.07) is 11.2. The van der Waals surface area contributed by atoms with E-state index in [4.69, 9.17) is 25.5 Å². The number of carbonyl (C=O) groups excluding carboxylic acids is 2. The van der Waals surface area contributed by atoms with Crippen molar-refractivity contribution < 1.29 is 23.5 Å². The predicted octanol–water partition coefficient (Wildman–Crippen LogP) is 3.96. The third-order valence-corrected chi connectivity index (χ3v) is 3.68. The summed E-state index contributed by atoms with van der Waals surface area (Å²) in [7, 11) is 0. The molecular formula is C19H13ClO6. The van der Waals surface area contributed by atoms with Gasteiger partial charge in [0.15, 0.2) is 11.5 Å². The Bertz CT molecular complexity index is 1080. The molecule has 0 amide bonds. The molecule has 2 aromatic carbocycles. The van der Waals surface area contributed by atoms with E-state index in [-0.39, 0.29) is 17.1 Å². The van der Waals surface area contributed by atoms with Crippen LogP contribution in [0.3, 0.4) is 0 Å². The van der Waals surface area contributed by atoms with Crippen LogP contribution in [0.2, 0.25) is 5.02 Å². The molecule has 1 aromatic heterocycles. The first-order valence-electron chi connectivity index (χ1n) is 7.58. The van der Waals surface area contributed by atoms with Gasteiger partial charge in [-0.1, -0.05) is 23.7 Å². The lowest BCUT2D eigenvalue weighted by Crippen LogP contribution is -2.08. The van der Waals surface area contributed by atoms with Crippen molar-refractivity contribution in [2.45, 2.75) is 13.8 Å². The Balaban J connectivity index is 2.21. The van der Waals surface area contributed by atoms with E-state index >= 15 is 0 Å². The second kappa shape index (κ2) is 7.01. The summed E-state index contributed by atoms with van der Waals surface area (Å²) < 4.78 is 15.5. The minimum absolute atomic E-state index is 0.0149. The molecule has 0 N–H and O–H groups in total. The maximum absolute atomic E-state index is 12.3. The molecule has 0 unspecified atom stereocenters. The average Bonchev–Trinajstić information content (AvgIpc) is 2.54. The Morgan fingerprint density at radius 1 is 0.962 bits per heavy atom. The quantitative estimate of drug-likeness (QED) is 0.393. The summed E-state index contributed by atoms with van der Waals surface area (Å²) in [6.07, 6.45) is 0. The first kappa shape index (κ1) is 17.7. The van der Waals surface area contributed by atoms with Gasteiger partial charge >= 0.3 is 17.6 Å². The van der Waals surface area contributed by atoms with Gasteiger partial charge in [-0.25, -0.2) is 4.79 Å². The van der Waals surface area contributed by atoms with E-state index in [1.54, 1.807) is 30.3 Å². The minimum atomic E-state index is -0.601. The lowest BCUT2D eigenvalue weighted by Gasteiger charge is -2.10. The van der Waals surface area contributed by atoms with Gasteiger partial charge in [-0.05, 0) is 29.8 Å². The number of carbonyl (C=O) groups is 2. The number of hydrogen-bond acceptors (Lipinski definition) is 6. The molecule has 0 saturated heterocycles. The van der Waals surface area contributed by atoms with Crippen molar-refractivity contribution in [1.29, 1.82) is 0 Å². The van der Waals surface area contributed by atoms with Gasteiger partial charge in [-0.2, -0.15) is 0 Å². The van der Waals surface area contributed by atoms with E-state index in [0.29, 0.717) is 21.5 Å². The molecule has 0 fully saturated rings. The van der Waals surface area contributed by atoms with Gasteiger partial charge in [0.25, 0.3) is 0 Å². The second-order valence-electron chi connectivity index (χ2n) is 5.48. The summed E-state index contributed by atoms with van der Waals surface area (Å²) in [5.41, 5.74) is 0.502. The molecule has 6 nitrogen and oxygen atoms in total. The Labute approximate surface area is 152 Å². The minimum Gasteiger partial charge on any atom is -0.423 e. The van der Waals surface area contributed by atoms with Crippen LogP contribution < -0.4 is 15.1 Å². The van der Waals surface area contributed by atoms with Gasteiger partial charge < -0.3 is 13.9 Å². The van der Waals surface area contributed by atoms with Crippen LogP contribution in [0.15, 0.2) is 51.7 Å². The number of rotatable bonds is 3. The highest BCUT2D eigenvalue weighted by molar-refractivity contribution is 6.30. The summed E-state index contributed by atoms with van der Waals surface area (Å²) >= 11 is 5.98. The molecule has 3 aromatic rings. The van der Waals surface area contributed by atoms with Crippen LogP contribution in [0.1, 0.15) is 13.8 Å². The fourth-order valence-corrected chi connectivity index (χ4v) is 2.64. The lowest BCUT2D eigenvalue weighted by atomic mass is 10.1. The van der Waals surface area contributed by atoms with E-state index in [2.05, 4.69) is 0 Å². The van der Waals surface area contributed by atoms with E-state index in [1.165, 1.54) is 26.0 Å². The molecule has 0 atom stereocenters. The standard InChI is InChI=1S/C19H13ClO6/c1-10(21)24-17-8-13-7-15(12-4-3-5-14(20)6-12)19(23)26-16(13)9-18(17)25-11(2)22/h3-9H,1-2H3. The molecule has 26 heavy (non-hydrogen) atoms. The van der Waals surface area contributed by atoms with Gasteiger partial charge in [-0.3, -0.25) is 9.59 Å². The summed E-state index contributed by atoms with van der Waals surface area (Å²) in [4.78, 5) is 34.9. The molecule has 0 aliphatic carbocycles. The topological polar surface area (TPSA) is 82.8 Å². The van der Waals surface area contributed by atoms with E-state index in [9.17, 15) is 14.4 Å². The lowest BCUT2D eigenvalue weighted by molar-refractivity contribution is -0.134. The van der Waals surface area contributed by atoms with E-state index in [1.807, 2.05) is 0 Å². The van der Waals surface area contributed by atoms with E-state index < -0.39 is 17.6 Å². The van der Waals surface area contributed by atoms with Crippen molar-refractivity contribution in [2.75, 3.05) is 0 Å². The van der Waals surface area contributed by atoms with Gasteiger partial charge in [0.1, 0.15) is 5.58 Å². The first-order chi connectivity index (χ1) is 12.3. The molecule has 0 bridgehead atoms. The number of halogens is 1. The smallest absolute Gasteiger partial charge is 0.344 e. The average molecular weight is 373 g/mol. The van der Waals surface area contributed by atoms with Crippen LogP contribution in [-0.4, -0.2) is 11.9 Å². The SMILES string of the molecule is CC(=O)Oc1cc2cc(-c3cccc(Cl)c3)c(=O)oc2cc1OC(C)=O. The summed E-state index contributed by atoms with van der Waals surface area (Å²) in [6.45, 7) is 2.43. The second-order valence-corrected chi connectivity index (χ2v) is 5.92. The monoisotopic (exact) mass is 372 g/mol. The van der Waals surface area contributed by atoms with Crippen LogP contribution >= 0.6 is 11.6 Å². The maximum Gasteiger partial charge on any atom is 0.344 e. The number of fused-ring (bicyclic) bond motifs is 1. The third kappa shape index (κ3) is 3.75. The van der Waals surface area contributed by atoms with Crippen LogP contribution in [0.5, 0.6) is 11.5 Å². The van der Waals surface area contributed by atoms with Gasteiger partial charge in [0.05, 0.1) is 5.56 Å². The van der Waals surface area contributed by atoms with Crippen molar-refractivity contribution >= 4 is 34.5 Å². The molecule has 7 heteroatoms. The van der Waals surface area contributed by atoms with Gasteiger partial charge in [0, 0.05) is 30.3 Å². The van der Waals surface area contributed by atoms with Crippen molar-refractivity contribution in [2.24, 2.45) is 0 Å². The largest absolute Gasteiger partial charge is 0.423 e. The van der Waals surface area contributed by atoms with Crippen molar-refractivity contribution in [3.63, 3.8) is 0 Å². The zero-order valence-electron chi connectivity index (χ0n) is 13.9. The molecule has 132 valence electrons. The summed E-state index contributed by atoms with van der Waals surface area (Å²) in [5.74, 6) is -1.15. The number of ether oxygens (including phenoxy) is 2. The van der Waals surface area contributed by atoms with Crippen molar-refractivity contribution in [3.05, 3.63) is 57.9 Å². The predicted molar refractivity (Wildman–Crippen MR) is 95.5 cm³/mol. The van der Waals surface area contributed by atoms with Crippen molar-refractivity contribution in [1.82, 2.24) is 0 Å². The zero-order chi connectivity index (χ0) is 18.8. The number of esters is 2. The van der Waals surface area contributed by atoms with Gasteiger partial charge in [0.2, 0.25) is 0 Å². The molecule has 0 saturated carbocycles. The Hall–Kier alpha value is -3.12. The molecule has 0 radical (unpaired) electrons. The molecule has 0 spiro atoms. The Morgan fingerprint density at radius 3 is 2.23 bits per heavy atom. The highest BCUT2D eigenvalue weighted by Crippen LogP contribution is 2.34. The fourth-order valence-electron chi connectivity index (χ4n) is 2.45. The van der Waals surface area contributed by atoms with Crippen LogP contribution in [0.25, 0.3) is 22.1 Å².